The van der Waals surface area contributed by atoms with E-state index in [1.165, 1.54) is 23.8 Å². The average molecular weight is 468 g/mol. The Balaban J connectivity index is 1.70. The lowest BCUT2D eigenvalue weighted by atomic mass is 9.99. The van der Waals surface area contributed by atoms with Crippen molar-refractivity contribution in [1.29, 1.82) is 0 Å². The molecule has 1 aromatic carbocycles. The molecule has 0 spiro atoms. The Kier molecular flexibility index (Phi) is 6.28. The Morgan fingerprint density at radius 1 is 1.15 bits per heavy atom. The molecule has 1 fully saturated rings. The molecular formula is C25H27F2N5O2. The molecule has 1 aliphatic rings. The minimum absolute atomic E-state index is 0.00990. The van der Waals surface area contributed by atoms with Gasteiger partial charge in [0.25, 0.3) is 11.4 Å². The summed E-state index contributed by atoms with van der Waals surface area (Å²) in [7, 11) is 3.05. The van der Waals surface area contributed by atoms with E-state index in [9.17, 15) is 13.6 Å². The zero-order chi connectivity index (χ0) is 24.7. The molecule has 0 radical (unpaired) electrons. The van der Waals surface area contributed by atoms with Gasteiger partial charge in [0, 0.05) is 62.0 Å². The number of rotatable bonds is 4. The SMILES string of the molecule is [C-]#[N+]c1ccc2c(n1)c(N1C[C@@H](C)N(C(C)c3c(F)cc(OC)cc3F)C[C@@H]1C)cc(=O)n2C. The van der Waals surface area contributed by atoms with Crippen molar-refractivity contribution in [1.82, 2.24) is 14.5 Å². The van der Waals surface area contributed by atoms with Gasteiger partial charge in [-0.05, 0) is 32.9 Å². The van der Waals surface area contributed by atoms with Crippen molar-refractivity contribution in [2.75, 3.05) is 25.1 Å². The number of hydrogen-bond acceptors (Lipinski definition) is 5. The molecule has 0 amide bonds. The molecule has 3 atom stereocenters. The number of methoxy groups -OCH3 is 1. The molecule has 34 heavy (non-hydrogen) atoms. The Hall–Kier alpha value is -3.51. The summed E-state index contributed by atoms with van der Waals surface area (Å²) in [4.78, 5) is 24.8. The van der Waals surface area contributed by atoms with Crippen LogP contribution in [0, 0.1) is 18.2 Å². The summed E-state index contributed by atoms with van der Waals surface area (Å²) in [6, 6.07) is 6.64. The molecule has 1 unspecified atom stereocenters. The highest BCUT2D eigenvalue weighted by Gasteiger charge is 2.36. The normalized spacial score (nSPS) is 19.8. The highest BCUT2D eigenvalue weighted by atomic mass is 19.1. The third-order valence-corrected chi connectivity index (χ3v) is 6.72. The van der Waals surface area contributed by atoms with Crippen LogP contribution in [0.4, 0.5) is 20.3 Å². The number of fused-ring (bicyclic) bond motifs is 1. The number of aryl methyl sites for hydroxylation is 1. The number of pyridine rings is 2. The van der Waals surface area contributed by atoms with E-state index in [1.54, 1.807) is 32.2 Å². The van der Waals surface area contributed by atoms with Crippen molar-refractivity contribution < 1.29 is 13.5 Å². The van der Waals surface area contributed by atoms with E-state index in [2.05, 4.69) is 19.6 Å². The Labute approximate surface area is 197 Å². The van der Waals surface area contributed by atoms with E-state index in [0.29, 0.717) is 29.8 Å². The summed E-state index contributed by atoms with van der Waals surface area (Å²) >= 11 is 0. The van der Waals surface area contributed by atoms with Gasteiger partial charge in [0.15, 0.2) is 0 Å². The number of nitrogens with zero attached hydrogens (tertiary/aromatic N) is 5. The molecular weight excluding hydrogens is 440 g/mol. The molecule has 0 saturated carbocycles. The van der Waals surface area contributed by atoms with Crippen molar-refractivity contribution >= 4 is 22.5 Å². The number of anilines is 1. The van der Waals surface area contributed by atoms with Crippen LogP contribution in [-0.2, 0) is 7.05 Å². The first kappa shape index (κ1) is 23.6. The standard InChI is InChI=1S/C25H27F2N5O2/c1-14-13-32(21-11-23(33)30(5)20-7-8-22(28-4)29-25(20)21)15(2)12-31(14)16(3)24-18(26)9-17(34-6)10-19(24)27/h7-11,14-16H,12-13H2,1-3,5-6H3/t14-,15+,16?/m1/s1. The van der Waals surface area contributed by atoms with Crippen molar-refractivity contribution in [2.24, 2.45) is 7.05 Å². The number of piperazine rings is 1. The first-order valence-corrected chi connectivity index (χ1v) is 11.1. The predicted molar refractivity (Wildman–Crippen MR) is 128 cm³/mol. The summed E-state index contributed by atoms with van der Waals surface area (Å²) in [6.07, 6.45) is 0. The quantitative estimate of drug-likeness (QED) is 0.532. The van der Waals surface area contributed by atoms with Crippen LogP contribution in [0.1, 0.15) is 32.4 Å². The monoisotopic (exact) mass is 467 g/mol. The number of aromatic nitrogens is 2. The van der Waals surface area contributed by atoms with E-state index >= 15 is 0 Å². The zero-order valence-electron chi connectivity index (χ0n) is 19.8. The van der Waals surface area contributed by atoms with Crippen LogP contribution < -0.4 is 15.2 Å². The highest BCUT2D eigenvalue weighted by molar-refractivity contribution is 5.89. The fourth-order valence-electron chi connectivity index (χ4n) is 4.86. The van der Waals surface area contributed by atoms with Crippen LogP contribution >= 0.6 is 0 Å². The largest absolute Gasteiger partial charge is 0.497 e. The number of ether oxygens (including phenoxy) is 1. The minimum atomic E-state index is -0.639. The molecule has 3 heterocycles. The van der Waals surface area contributed by atoms with E-state index in [1.807, 2.05) is 13.8 Å². The summed E-state index contributed by atoms with van der Waals surface area (Å²) in [5.74, 6) is -0.882. The van der Waals surface area contributed by atoms with E-state index in [-0.39, 0.29) is 34.8 Å². The van der Waals surface area contributed by atoms with Gasteiger partial charge in [-0.25, -0.2) is 8.78 Å². The maximum Gasteiger partial charge on any atom is 0.270 e. The van der Waals surface area contributed by atoms with Crippen molar-refractivity contribution in [3.05, 3.63) is 69.3 Å². The number of hydrogen-bond donors (Lipinski definition) is 0. The summed E-state index contributed by atoms with van der Waals surface area (Å²) in [6.45, 7) is 14.2. The zero-order valence-corrected chi connectivity index (χ0v) is 19.8. The van der Waals surface area contributed by atoms with Crippen LogP contribution in [0.3, 0.4) is 0 Å². The van der Waals surface area contributed by atoms with Crippen LogP contribution in [0.15, 0.2) is 35.1 Å². The Morgan fingerprint density at radius 2 is 1.82 bits per heavy atom. The molecule has 0 bridgehead atoms. The summed E-state index contributed by atoms with van der Waals surface area (Å²) in [5.41, 5.74) is 1.74. The Morgan fingerprint density at radius 3 is 2.44 bits per heavy atom. The van der Waals surface area contributed by atoms with Gasteiger partial charge >= 0.3 is 0 Å². The maximum atomic E-state index is 14.8. The molecule has 1 aliphatic heterocycles. The topological polar surface area (TPSA) is 55.0 Å². The fourth-order valence-corrected chi connectivity index (χ4v) is 4.86. The van der Waals surface area contributed by atoms with Gasteiger partial charge in [0.05, 0.1) is 18.3 Å². The number of benzene rings is 1. The summed E-state index contributed by atoms with van der Waals surface area (Å²) < 4.78 is 36.0. The number of halogens is 2. The Bertz CT molecular complexity index is 1330. The lowest BCUT2D eigenvalue weighted by Crippen LogP contribution is -2.57. The van der Waals surface area contributed by atoms with E-state index < -0.39 is 17.7 Å². The first-order chi connectivity index (χ1) is 16.2. The van der Waals surface area contributed by atoms with Crippen molar-refractivity contribution in [2.45, 2.75) is 38.9 Å². The smallest absolute Gasteiger partial charge is 0.270 e. The van der Waals surface area contributed by atoms with Gasteiger partial charge < -0.3 is 19.0 Å². The molecule has 3 aromatic rings. The second kappa shape index (κ2) is 9.03. The lowest BCUT2D eigenvalue weighted by molar-refractivity contribution is 0.115. The third-order valence-electron chi connectivity index (χ3n) is 6.72. The highest BCUT2D eigenvalue weighted by Crippen LogP contribution is 2.35. The molecule has 0 aliphatic carbocycles. The van der Waals surface area contributed by atoms with E-state index in [4.69, 9.17) is 11.3 Å². The lowest BCUT2D eigenvalue weighted by Gasteiger charge is -2.47. The van der Waals surface area contributed by atoms with Crippen LogP contribution in [0.2, 0.25) is 0 Å². The fraction of sp³-hybridized carbons (Fsp3) is 0.400. The minimum Gasteiger partial charge on any atom is -0.497 e. The van der Waals surface area contributed by atoms with Gasteiger partial charge in [-0.15, -0.1) is 4.98 Å². The molecule has 7 nitrogen and oxygen atoms in total. The molecule has 4 rings (SSSR count). The van der Waals surface area contributed by atoms with Gasteiger partial charge in [-0.2, -0.15) is 0 Å². The molecule has 1 saturated heterocycles. The predicted octanol–water partition coefficient (Wildman–Crippen LogP) is 4.43. The molecule has 0 N–H and O–H groups in total. The average Bonchev–Trinajstić information content (AvgIpc) is 2.81. The molecule has 178 valence electrons. The van der Waals surface area contributed by atoms with Crippen LogP contribution in [0.25, 0.3) is 15.9 Å². The second-order valence-corrected chi connectivity index (χ2v) is 8.80. The van der Waals surface area contributed by atoms with Gasteiger partial charge in [-0.1, -0.05) is 6.57 Å². The van der Waals surface area contributed by atoms with Gasteiger partial charge in [-0.3, -0.25) is 9.69 Å². The summed E-state index contributed by atoms with van der Waals surface area (Å²) in [5, 5.41) is 0. The maximum absolute atomic E-state index is 14.8. The van der Waals surface area contributed by atoms with E-state index in [0.717, 1.165) is 0 Å². The van der Waals surface area contributed by atoms with Gasteiger partial charge in [0.1, 0.15) is 17.4 Å². The molecule has 2 aromatic heterocycles. The van der Waals surface area contributed by atoms with Crippen LogP contribution in [-0.4, -0.2) is 46.7 Å². The molecule has 9 heteroatoms. The van der Waals surface area contributed by atoms with Gasteiger partial charge in [0.2, 0.25) is 5.52 Å². The second-order valence-electron chi connectivity index (χ2n) is 8.80. The van der Waals surface area contributed by atoms with Crippen molar-refractivity contribution in [3.8, 4) is 5.75 Å². The third kappa shape index (κ3) is 3.99. The van der Waals surface area contributed by atoms with Crippen LogP contribution in [0.5, 0.6) is 5.75 Å². The first-order valence-electron chi connectivity index (χ1n) is 11.1. The van der Waals surface area contributed by atoms with Crippen molar-refractivity contribution in [3.63, 3.8) is 0 Å².